The molecule has 0 radical (unpaired) electrons. The van der Waals surface area contributed by atoms with E-state index >= 15 is 0 Å². The van der Waals surface area contributed by atoms with Crippen molar-refractivity contribution in [3.63, 3.8) is 0 Å². The van der Waals surface area contributed by atoms with E-state index in [1.165, 1.54) is 27.6 Å². The highest BCUT2D eigenvalue weighted by Crippen LogP contribution is 2.41. The first-order chi connectivity index (χ1) is 17.5. The molecule has 1 atom stereocenters. The van der Waals surface area contributed by atoms with Crippen LogP contribution in [-0.4, -0.2) is 22.3 Å². The summed E-state index contributed by atoms with van der Waals surface area (Å²) < 4.78 is 2.29. The molecule has 0 aliphatic rings. The summed E-state index contributed by atoms with van der Waals surface area (Å²) in [6, 6.07) is 36.2. The van der Waals surface area contributed by atoms with Gasteiger partial charge in [0.25, 0.3) is 0 Å². The van der Waals surface area contributed by atoms with Gasteiger partial charge < -0.3 is 15.0 Å². The fourth-order valence-corrected chi connectivity index (χ4v) is 4.95. The topological polar surface area (TPSA) is 37.2 Å². The van der Waals surface area contributed by atoms with Crippen LogP contribution in [0.25, 0.3) is 33.3 Å². The molecular formula is C33H34N2O. The zero-order chi connectivity index (χ0) is 25.1. The minimum Gasteiger partial charge on any atom is -0.389 e. The summed E-state index contributed by atoms with van der Waals surface area (Å²) in [4.78, 5) is 0. The number of aryl methyl sites for hydroxylation is 1. The van der Waals surface area contributed by atoms with Crippen LogP contribution < -0.4 is 5.32 Å². The molecule has 2 N–H and O–H groups in total. The molecule has 3 heteroatoms. The Labute approximate surface area is 214 Å². The highest BCUT2D eigenvalue weighted by molar-refractivity contribution is 6.04. The smallest absolute Gasteiger partial charge is 0.0891 e. The standard InChI is InChI=1S/C33H34N2O/c1-23(2)25-15-17-28(18-16-25)34-21-29(36)22-35-31-19-14-24(3)20-30(31)32(26-10-6-4-7-11-26)33(35)27-12-8-5-9-13-27/h4-20,23,29,34,36H,21-22H2,1-3H3/t29-/m1/s1. The summed E-state index contributed by atoms with van der Waals surface area (Å²) >= 11 is 0. The summed E-state index contributed by atoms with van der Waals surface area (Å²) in [5.74, 6) is 0.505. The molecule has 0 saturated heterocycles. The SMILES string of the molecule is Cc1ccc2c(c1)c(-c1ccccc1)c(-c1ccccc1)n2C[C@H](O)CNc1ccc(C(C)C)cc1. The second kappa shape index (κ2) is 10.4. The van der Waals surface area contributed by atoms with Gasteiger partial charge in [-0.2, -0.15) is 0 Å². The Morgan fingerprint density at radius 3 is 2.06 bits per heavy atom. The molecule has 0 saturated carbocycles. The fraction of sp³-hybridized carbons (Fsp3) is 0.212. The third-order valence-electron chi connectivity index (χ3n) is 6.84. The van der Waals surface area contributed by atoms with E-state index in [0.717, 1.165) is 22.5 Å². The minimum absolute atomic E-state index is 0.474. The van der Waals surface area contributed by atoms with E-state index in [1.807, 2.05) is 6.07 Å². The number of anilines is 1. The first-order valence-corrected chi connectivity index (χ1v) is 12.8. The van der Waals surface area contributed by atoms with Crippen LogP contribution in [0.3, 0.4) is 0 Å². The molecule has 0 aliphatic heterocycles. The molecule has 182 valence electrons. The first kappa shape index (κ1) is 23.9. The van der Waals surface area contributed by atoms with Gasteiger partial charge in [0.1, 0.15) is 0 Å². The van der Waals surface area contributed by atoms with Crippen molar-refractivity contribution in [1.82, 2.24) is 4.57 Å². The molecule has 5 rings (SSSR count). The third kappa shape index (κ3) is 4.93. The Morgan fingerprint density at radius 2 is 1.42 bits per heavy atom. The van der Waals surface area contributed by atoms with Crippen LogP contribution in [0.5, 0.6) is 0 Å². The van der Waals surface area contributed by atoms with Gasteiger partial charge >= 0.3 is 0 Å². The molecule has 3 nitrogen and oxygen atoms in total. The van der Waals surface area contributed by atoms with Gasteiger partial charge in [0.05, 0.1) is 18.3 Å². The summed E-state index contributed by atoms with van der Waals surface area (Å²) in [7, 11) is 0. The number of rotatable bonds is 8. The van der Waals surface area contributed by atoms with Crippen molar-refractivity contribution in [2.24, 2.45) is 0 Å². The van der Waals surface area contributed by atoms with Gasteiger partial charge in [-0.05, 0) is 53.8 Å². The van der Waals surface area contributed by atoms with Gasteiger partial charge in [0.2, 0.25) is 0 Å². The Morgan fingerprint density at radius 1 is 0.778 bits per heavy atom. The molecule has 1 aromatic heterocycles. The molecule has 0 aliphatic carbocycles. The van der Waals surface area contributed by atoms with E-state index in [-0.39, 0.29) is 0 Å². The van der Waals surface area contributed by atoms with Crippen LogP contribution in [0.4, 0.5) is 5.69 Å². The fourth-order valence-electron chi connectivity index (χ4n) is 4.95. The van der Waals surface area contributed by atoms with Gasteiger partial charge in [0.15, 0.2) is 0 Å². The first-order valence-electron chi connectivity index (χ1n) is 12.8. The predicted molar refractivity (Wildman–Crippen MR) is 153 cm³/mol. The maximum atomic E-state index is 11.2. The normalized spacial score (nSPS) is 12.2. The van der Waals surface area contributed by atoms with Crippen LogP contribution in [-0.2, 0) is 6.54 Å². The Hall–Kier alpha value is -3.82. The van der Waals surface area contributed by atoms with Crippen molar-refractivity contribution >= 4 is 16.6 Å². The molecule has 1 heterocycles. The van der Waals surface area contributed by atoms with Crippen LogP contribution in [0.2, 0.25) is 0 Å². The van der Waals surface area contributed by atoms with E-state index < -0.39 is 6.10 Å². The van der Waals surface area contributed by atoms with Gasteiger partial charge in [-0.1, -0.05) is 98.3 Å². The summed E-state index contributed by atoms with van der Waals surface area (Å²) in [5, 5.41) is 15.8. The zero-order valence-corrected chi connectivity index (χ0v) is 21.3. The van der Waals surface area contributed by atoms with Crippen molar-refractivity contribution in [2.45, 2.75) is 39.3 Å². The van der Waals surface area contributed by atoms with Crippen molar-refractivity contribution in [3.8, 4) is 22.4 Å². The predicted octanol–water partition coefficient (Wildman–Crippen LogP) is 7.88. The number of hydrogen-bond donors (Lipinski definition) is 2. The Balaban J connectivity index is 1.53. The third-order valence-corrected chi connectivity index (χ3v) is 6.84. The summed E-state index contributed by atoms with van der Waals surface area (Å²) in [6.45, 7) is 7.50. The largest absolute Gasteiger partial charge is 0.389 e. The molecule has 0 bridgehead atoms. The summed E-state index contributed by atoms with van der Waals surface area (Å²) in [6.07, 6.45) is -0.558. The molecule has 0 fully saturated rings. The zero-order valence-electron chi connectivity index (χ0n) is 21.3. The molecule has 5 aromatic rings. The van der Waals surface area contributed by atoms with Gasteiger partial charge in [-0.25, -0.2) is 0 Å². The van der Waals surface area contributed by atoms with Crippen molar-refractivity contribution < 1.29 is 5.11 Å². The lowest BCUT2D eigenvalue weighted by atomic mass is 9.98. The van der Waals surface area contributed by atoms with E-state index in [4.69, 9.17) is 0 Å². The molecule has 4 aromatic carbocycles. The Kier molecular flexibility index (Phi) is 6.92. The molecule has 0 spiro atoms. The number of nitrogens with zero attached hydrogens (tertiary/aromatic N) is 1. The monoisotopic (exact) mass is 474 g/mol. The lowest BCUT2D eigenvalue weighted by molar-refractivity contribution is 0.169. The Bertz CT molecular complexity index is 1430. The van der Waals surface area contributed by atoms with Crippen molar-refractivity contribution in [2.75, 3.05) is 11.9 Å². The number of benzene rings is 4. The van der Waals surface area contributed by atoms with Gasteiger partial charge in [-0.3, -0.25) is 0 Å². The van der Waals surface area contributed by atoms with Crippen LogP contribution in [0, 0.1) is 6.92 Å². The van der Waals surface area contributed by atoms with Crippen LogP contribution >= 0.6 is 0 Å². The van der Waals surface area contributed by atoms with Gasteiger partial charge in [0, 0.05) is 28.7 Å². The van der Waals surface area contributed by atoms with E-state index in [9.17, 15) is 5.11 Å². The van der Waals surface area contributed by atoms with Crippen molar-refractivity contribution in [3.05, 3.63) is 114 Å². The molecule has 36 heavy (non-hydrogen) atoms. The summed E-state index contributed by atoms with van der Waals surface area (Å²) in [5.41, 5.74) is 9.39. The van der Waals surface area contributed by atoms with Crippen LogP contribution in [0.1, 0.15) is 30.9 Å². The van der Waals surface area contributed by atoms with Crippen LogP contribution in [0.15, 0.2) is 103 Å². The number of hydrogen-bond acceptors (Lipinski definition) is 2. The van der Waals surface area contributed by atoms with E-state index in [2.05, 4.69) is 128 Å². The van der Waals surface area contributed by atoms with E-state index in [1.54, 1.807) is 0 Å². The molecule has 0 amide bonds. The lowest BCUT2D eigenvalue weighted by Crippen LogP contribution is -2.25. The van der Waals surface area contributed by atoms with Gasteiger partial charge in [-0.15, -0.1) is 0 Å². The highest BCUT2D eigenvalue weighted by Gasteiger charge is 2.21. The second-order valence-electron chi connectivity index (χ2n) is 9.90. The maximum absolute atomic E-state index is 11.2. The number of aliphatic hydroxyl groups is 1. The number of aromatic nitrogens is 1. The second-order valence-corrected chi connectivity index (χ2v) is 9.90. The molecular weight excluding hydrogens is 440 g/mol. The highest BCUT2D eigenvalue weighted by atomic mass is 16.3. The minimum atomic E-state index is -0.558. The number of nitrogens with one attached hydrogen (secondary N) is 1. The maximum Gasteiger partial charge on any atom is 0.0891 e. The van der Waals surface area contributed by atoms with Crippen molar-refractivity contribution in [1.29, 1.82) is 0 Å². The number of aliphatic hydroxyl groups excluding tert-OH is 1. The number of fused-ring (bicyclic) bond motifs is 1. The molecule has 0 unspecified atom stereocenters. The average molecular weight is 475 g/mol. The van der Waals surface area contributed by atoms with E-state index in [0.29, 0.717) is 19.0 Å². The average Bonchev–Trinajstić information content (AvgIpc) is 3.21. The quantitative estimate of drug-likeness (QED) is 0.240. The lowest BCUT2D eigenvalue weighted by Gasteiger charge is -2.18.